The second-order valence-electron chi connectivity index (χ2n) is 8.47. The molecule has 2 aliphatic heterocycles. The van der Waals surface area contributed by atoms with Crippen LogP contribution in [-0.4, -0.2) is 97.6 Å². The van der Waals surface area contributed by atoms with Crippen molar-refractivity contribution in [2.75, 3.05) is 66.1 Å². The first kappa shape index (κ1) is 20.6. The highest BCUT2D eigenvalue weighted by Gasteiger charge is 2.30. The lowest BCUT2D eigenvalue weighted by molar-refractivity contribution is 0.00462. The number of aliphatic hydroxyl groups is 1. The van der Waals surface area contributed by atoms with Gasteiger partial charge in [0.15, 0.2) is 0 Å². The first-order valence-corrected chi connectivity index (χ1v) is 10.1. The van der Waals surface area contributed by atoms with Crippen LogP contribution in [0.5, 0.6) is 5.75 Å². The summed E-state index contributed by atoms with van der Waals surface area (Å²) in [6.45, 7) is 13.0. The number of aliphatic hydroxyl groups excluding tert-OH is 1. The molecular formula is C21H35N3O3. The second kappa shape index (κ2) is 9.34. The molecule has 0 aromatic heterocycles. The van der Waals surface area contributed by atoms with E-state index < -0.39 is 6.10 Å². The van der Waals surface area contributed by atoms with E-state index in [0.717, 1.165) is 58.2 Å². The van der Waals surface area contributed by atoms with Crippen LogP contribution in [0.1, 0.15) is 19.4 Å². The minimum absolute atomic E-state index is 0.204. The molecule has 0 bridgehead atoms. The summed E-state index contributed by atoms with van der Waals surface area (Å²) in [7, 11) is 2.20. The Morgan fingerprint density at radius 3 is 2.67 bits per heavy atom. The Balaban J connectivity index is 1.47. The molecule has 0 amide bonds. The van der Waals surface area contributed by atoms with E-state index >= 15 is 0 Å². The quantitative estimate of drug-likeness (QED) is 0.773. The van der Waals surface area contributed by atoms with Gasteiger partial charge in [0.1, 0.15) is 18.5 Å². The van der Waals surface area contributed by atoms with E-state index in [-0.39, 0.29) is 5.54 Å². The number of morpholine rings is 1. The highest BCUT2D eigenvalue weighted by molar-refractivity contribution is 5.28. The summed E-state index contributed by atoms with van der Waals surface area (Å²) in [5, 5.41) is 10.3. The maximum atomic E-state index is 10.3. The fourth-order valence-corrected chi connectivity index (χ4v) is 3.79. The summed E-state index contributed by atoms with van der Waals surface area (Å²) in [5.41, 5.74) is 1.46. The first-order chi connectivity index (χ1) is 12.9. The summed E-state index contributed by atoms with van der Waals surface area (Å²) < 4.78 is 11.2. The number of β-amino-alcohol motifs (C(OH)–C–C–N with tert-alkyl or cyclic N) is 1. The predicted molar refractivity (Wildman–Crippen MR) is 107 cm³/mol. The smallest absolute Gasteiger partial charge is 0.119 e. The normalized spacial score (nSPS) is 23.3. The fourth-order valence-electron chi connectivity index (χ4n) is 3.79. The van der Waals surface area contributed by atoms with E-state index in [1.165, 1.54) is 5.56 Å². The number of piperazine rings is 1. The standard InChI is InChI=1S/C21H35N3O3/c1-21(2)17-24(8-7-22(21)3)14-18-5-4-6-20(13-18)27-16-19(25)15-23-9-11-26-12-10-23/h4-6,13,19,25H,7-12,14-17H2,1-3H3. The molecule has 1 atom stereocenters. The van der Waals surface area contributed by atoms with Gasteiger partial charge in [0, 0.05) is 51.4 Å². The van der Waals surface area contributed by atoms with Gasteiger partial charge in [-0.15, -0.1) is 0 Å². The Kier molecular flexibility index (Phi) is 7.11. The molecule has 1 aromatic carbocycles. The minimum Gasteiger partial charge on any atom is -0.491 e. The van der Waals surface area contributed by atoms with Crippen LogP contribution in [0.25, 0.3) is 0 Å². The third kappa shape index (κ3) is 6.16. The number of ether oxygens (including phenoxy) is 2. The molecule has 1 unspecified atom stereocenters. The molecule has 0 spiro atoms. The van der Waals surface area contributed by atoms with Gasteiger partial charge < -0.3 is 14.6 Å². The van der Waals surface area contributed by atoms with Gasteiger partial charge in [-0.3, -0.25) is 14.7 Å². The Labute approximate surface area is 163 Å². The average molecular weight is 378 g/mol. The lowest BCUT2D eigenvalue weighted by Gasteiger charge is -2.45. The van der Waals surface area contributed by atoms with Crippen molar-refractivity contribution in [3.05, 3.63) is 29.8 Å². The Morgan fingerprint density at radius 1 is 1.15 bits per heavy atom. The molecule has 1 N–H and O–H groups in total. The van der Waals surface area contributed by atoms with E-state index in [1.54, 1.807) is 0 Å². The zero-order chi connectivity index (χ0) is 19.3. The third-order valence-electron chi connectivity index (χ3n) is 5.72. The van der Waals surface area contributed by atoms with Crippen LogP contribution in [0.3, 0.4) is 0 Å². The van der Waals surface area contributed by atoms with Crippen molar-refractivity contribution in [1.29, 1.82) is 0 Å². The molecule has 27 heavy (non-hydrogen) atoms. The molecular weight excluding hydrogens is 342 g/mol. The van der Waals surface area contributed by atoms with E-state index in [0.29, 0.717) is 13.2 Å². The monoisotopic (exact) mass is 377 g/mol. The number of hydrogen-bond acceptors (Lipinski definition) is 6. The molecule has 6 heteroatoms. The van der Waals surface area contributed by atoms with Gasteiger partial charge in [0.2, 0.25) is 0 Å². The van der Waals surface area contributed by atoms with Crippen molar-refractivity contribution in [2.24, 2.45) is 0 Å². The predicted octanol–water partition coefficient (Wildman–Crippen LogP) is 1.28. The molecule has 3 rings (SSSR count). The number of likely N-dealkylation sites (N-methyl/N-ethyl adjacent to an activating group) is 1. The van der Waals surface area contributed by atoms with Crippen LogP contribution in [0.2, 0.25) is 0 Å². The van der Waals surface area contributed by atoms with Gasteiger partial charge in [0.25, 0.3) is 0 Å². The molecule has 2 saturated heterocycles. The van der Waals surface area contributed by atoms with Gasteiger partial charge in [-0.2, -0.15) is 0 Å². The fraction of sp³-hybridized carbons (Fsp3) is 0.714. The van der Waals surface area contributed by atoms with Crippen molar-refractivity contribution in [3.63, 3.8) is 0 Å². The van der Waals surface area contributed by atoms with Crippen molar-refractivity contribution >= 4 is 0 Å². The first-order valence-electron chi connectivity index (χ1n) is 10.1. The summed E-state index contributed by atoms with van der Waals surface area (Å²) in [6, 6.07) is 8.27. The third-order valence-corrected chi connectivity index (χ3v) is 5.72. The van der Waals surface area contributed by atoms with E-state index in [1.807, 2.05) is 12.1 Å². The maximum Gasteiger partial charge on any atom is 0.119 e. The minimum atomic E-state index is -0.481. The van der Waals surface area contributed by atoms with Crippen molar-refractivity contribution < 1.29 is 14.6 Å². The molecule has 2 heterocycles. The molecule has 0 radical (unpaired) electrons. The Morgan fingerprint density at radius 2 is 1.93 bits per heavy atom. The highest BCUT2D eigenvalue weighted by Crippen LogP contribution is 2.22. The van der Waals surface area contributed by atoms with Gasteiger partial charge in [-0.05, 0) is 38.6 Å². The van der Waals surface area contributed by atoms with Gasteiger partial charge in [0.05, 0.1) is 13.2 Å². The zero-order valence-electron chi connectivity index (χ0n) is 17.1. The Hall–Kier alpha value is -1.18. The maximum absolute atomic E-state index is 10.3. The van der Waals surface area contributed by atoms with Gasteiger partial charge >= 0.3 is 0 Å². The molecule has 2 fully saturated rings. The zero-order valence-corrected chi connectivity index (χ0v) is 17.1. The molecule has 0 saturated carbocycles. The summed E-state index contributed by atoms with van der Waals surface area (Å²) >= 11 is 0. The molecule has 0 aliphatic carbocycles. The van der Waals surface area contributed by atoms with Crippen LogP contribution < -0.4 is 4.74 Å². The van der Waals surface area contributed by atoms with Crippen LogP contribution in [0.4, 0.5) is 0 Å². The molecule has 1 aromatic rings. The van der Waals surface area contributed by atoms with Crippen LogP contribution in [0, 0.1) is 0 Å². The molecule has 6 nitrogen and oxygen atoms in total. The summed E-state index contributed by atoms with van der Waals surface area (Å²) in [5.74, 6) is 0.835. The SMILES string of the molecule is CN1CCN(Cc2cccc(OCC(O)CN3CCOCC3)c2)CC1(C)C. The van der Waals surface area contributed by atoms with Crippen LogP contribution in [-0.2, 0) is 11.3 Å². The van der Waals surface area contributed by atoms with Crippen LogP contribution in [0.15, 0.2) is 24.3 Å². The molecule has 2 aliphatic rings. The lowest BCUT2D eigenvalue weighted by Crippen LogP contribution is -2.57. The average Bonchev–Trinajstić information content (AvgIpc) is 2.64. The van der Waals surface area contributed by atoms with Crippen molar-refractivity contribution in [1.82, 2.24) is 14.7 Å². The number of rotatable bonds is 7. The highest BCUT2D eigenvalue weighted by atomic mass is 16.5. The van der Waals surface area contributed by atoms with E-state index in [4.69, 9.17) is 9.47 Å². The van der Waals surface area contributed by atoms with Crippen molar-refractivity contribution in [2.45, 2.75) is 32.0 Å². The summed E-state index contributed by atoms with van der Waals surface area (Å²) in [4.78, 5) is 7.16. The van der Waals surface area contributed by atoms with Crippen molar-refractivity contribution in [3.8, 4) is 5.75 Å². The van der Waals surface area contributed by atoms with E-state index in [2.05, 4.69) is 47.7 Å². The van der Waals surface area contributed by atoms with Gasteiger partial charge in [-0.1, -0.05) is 12.1 Å². The van der Waals surface area contributed by atoms with Gasteiger partial charge in [-0.25, -0.2) is 0 Å². The van der Waals surface area contributed by atoms with E-state index in [9.17, 15) is 5.11 Å². The molecule has 152 valence electrons. The second-order valence-corrected chi connectivity index (χ2v) is 8.47. The topological polar surface area (TPSA) is 48.4 Å². The number of nitrogens with zero attached hydrogens (tertiary/aromatic N) is 3. The Bertz CT molecular complexity index is 590. The lowest BCUT2D eigenvalue weighted by atomic mass is 9.99. The largest absolute Gasteiger partial charge is 0.491 e. The van der Waals surface area contributed by atoms with Crippen LogP contribution >= 0.6 is 0 Å². The number of benzene rings is 1. The number of hydrogen-bond donors (Lipinski definition) is 1. The summed E-state index contributed by atoms with van der Waals surface area (Å²) in [6.07, 6.45) is -0.481.